The van der Waals surface area contributed by atoms with Crippen molar-refractivity contribution < 1.29 is 19.1 Å². The molecule has 0 spiro atoms. The average Bonchev–Trinajstić information content (AvgIpc) is 3.15. The van der Waals surface area contributed by atoms with Crippen LogP contribution < -0.4 is 5.32 Å². The Kier molecular flexibility index (Phi) is 7.12. The van der Waals surface area contributed by atoms with Gasteiger partial charge >= 0.3 is 0 Å². The van der Waals surface area contributed by atoms with Crippen molar-refractivity contribution >= 4 is 17.6 Å². The first-order chi connectivity index (χ1) is 16.7. The van der Waals surface area contributed by atoms with Gasteiger partial charge in [0.25, 0.3) is 17.6 Å². The van der Waals surface area contributed by atoms with Crippen molar-refractivity contribution in [3.8, 4) is 5.69 Å². The Balaban J connectivity index is 1.39. The third-order valence-corrected chi connectivity index (χ3v) is 6.09. The molecule has 1 aliphatic heterocycles. The summed E-state index contributed by atoms with van der Waals surface area (Å²) in [5.41, 5.74) is 3.62. The fourth-order valence-corrected chi connectivity index (χ4v) is 4.46. The molecular weight excluding hydrogens is 444 g/mol. The molecule has 1 fully saturated rings. The van der Waals surface area contributed by atoms with Gasteiger partial charge in [0, 0.05) is 25.2 Å². The van der Waals surface area contributed by atoms with Crippen LogP contribution in [0.2, 0.25) is 0 Å². The van der Waals surface area contributed by atoms with Gasteiger partial charge in [-0.25, -0.2) is 4.68 Å². The van der Waals surface area contributed by atoms with Crippen LogP contribution in [0.1, 0.15) is 51.5 Å². The molecule has 182 valence electrons. The van der Waals surface area contributed by atoms with Crippen LogP contribution in [0, 0.1) is 13.8 Å². The number of hydrogen-bond acceptors (Lipinski definition) is 5. The van der Waals surface area contributed by atoms with Gasteiger partial charge in [-0.15, -0.1) is 0 Å². The molecular formula is C27H30N4O4. The summed E-state index contributed by atoms with van der Waals surface area (Å²) in [5.74, 6) is -1.36. The Bertz CT molecular complexity index is 1220. The lowest BCUT2D eigenvalue weighted by atomic mass is 10.1. The summed E-state index contributed by atoms with van der Waals surface area (Å²) in [5, 5.41) is 7.14. The normalized spacial score (nSPS) is 17.8. The summed E-state index contributed by atoms with van der Waals surface area (Å²) in [6.07, 6.45) is 0.00332. The summed E-state index contributed by atoms with van der Waals surface area (Å²) in [7, 11) is 0. The van der Waals surface area contributed by atoms with Gasteiger partial charge in [-0.3, -0.25) is 14.4 Å². The minimum atomic E-state index is -0.694. The number of ketones is 1. The number of hydrogen-bond donors (Lipinski definition) is 1. The first-order valence-electron chi connectivity index (χ1n) is 11.7. The van der Waals surface area contributed by atoms with Gasteiger partial charge in [-0.05, 0) is 57.5 Å². The van der Waals surface area contributed by atoms with Crippen LogP contribution in [0.4, 0.5) is 0 Å². The average molecular weight is 475 g/mol. The number of rotatable bonds is 6. The molecule has 0 saturated carbocycles. The maximum Gasteiger partial charge on any atom is 0.292 e. The lowest BCUT2D eigenvalue weighted by Gasteiger charge is -2.35. The van der Waals surface area contributed by atoms with Gasteiger partial charge in [-0.2, -0.15) is 5.10 Å². The standard InChI is InChI=1S/C27H30N4O4/c1-17-15-30(16-18(2)35-17)27(34)22-12-10-21(11-13-22)14-28-26(33)25(32)24-19(3)29-31(20(24)4)23-8-6-5-7-9-23/h5-13,17-18H,14-16H2,1-4H3,(H,28,33). The van der Waals surface area contributed by atoms with E-state index in [9.17, 15) is 14.4 Å². The fraction of sp³-hybridized carbons (Fsp3) is 0.333. The topological polar surface area (TPSA) is 93.5 Å². The van der Waals surface area contributed by atoms with Crippen LogP contribution in [-0.4, -0.2) is 57.6 Å². The lowest BCUT2D eigenvalue weighted by molar-refractivity contribution is -0.117. The van der Waals surface area contributed by atoms with Crippen molar-refractivity contribution in [2.45, 2.75) is 46.4 Å². The van der Waals surface area contributed by atoms with Crippen molar-refractivity contribution in [2.24, 2.45) is 0 Å². The van der Waals surface area contributed by atoms with Crippen LogP contribution in [-0.2, 0) is 16.1 Å². The van der Waals surface area contributed by atoms with Gasteiger partial charge < -0.3 is 15.0 Å². The summed E-state index contributed by atoms with van der Waals surface area (Å²) < 4.78 is 7.37. The number of carbonyl (C=O) groups excluding carboxylic acids is 3. The number of nitrogens with one attached hydrogen (secondary N) is 1. The molecule has 2 aromatic carbocycles. The highest BCUT2D eigenvalue weighted by Gasteiger charge is 2.27. The molecule has 35 heavy (non-hydrogen) atoms. The summed E-state index contributed by atoms with van der Waals surface area (Å²) >= 11 is 0. The van der Waals surface area contributed by atoms with Gasteiger partial charge in [0.15, 0.2) is 0 Å². The summed E-state index contributed by atoms with van der Waals surface area (Å²) in [6.45, 7) is 8.70. The fourth-order valence-electron chi connectivity index (χ4n) is 4.46. The van der Waals surface area contributed by atoms with Crippen LogP contribution in [0.5, 0.6) is 0 Å². The van der Waals surface area contributed by atoms with Crippen molar-refractivity contribution in [2.75, 3.05) is 13.1 Å². The second-order valence-corrected chi connectivity index (χ2v) is 8.97. The predicted molar refractivity (Wildman–Crippen MR) is 132 cm³/mol. The smallest absolute Gasteiger partial charge is 0.292 e. The number of morpholine rings is 1. The SMILES string of the molecule is Cc1nn(-c2ccccc2)c(C)c1C(=O)C(=O)NCc1ccc(C(=O)N2CC(C)OC(C)C2)cc1. The number of carbonyl (C=O) groups is 3. The van der Waals surface area contributed by atoms with Crippen LogP contribution in [0.25, 0.3) is 5.69 Å². The highest BCUT2D eigenvalue weighted by molar-refractivity contribution is 6.43. The van der Waals surface area contributed by atoms with Crippen molar-refractivity contribution in [1.29, 1.82) is 0 Å². The Morgan fingerprint density at radius 2 is 1.60 bits per heavy atom. The molecule has 4 rings (SSSR count). The molecule has 8 nitrogen and oxygen atoms in total. The quantitative estimate of drug-likeness (QED) is 0.437. The third-order valence-electron chi connectivity index (χ3n) is 6.09. The Morgan fingerprint density at radius 1 is 0.971 bits per heavy atom. The molecule has 0 bridgehead atoms. The Hall–Kier alpha value is -3.78. The minimum Gasteiger partial charge on any atom is -0.372 e. The predicted octanol–water partition coefficient (Wildman–Crippen LogP) is 3.24. The maximum absolute atomic E-state index is 12.9. The van der Waals surface area contributed by atoms with Crippen LogP contribution >= 0.6 is 0 Å². The van der Waals surface area contributed by atoms with Gasteiger partial charge in [0.1, 0.15) is 0 Å². The molecule has 3 aromatic rings. The van der Waals surface area contributed by atoms with E-state index in [1.54, 1.807) is 47.7 Å². The molecule has 0 radical (unpaired) electrons. The first kappa shape index (κ1) is 24.3. The molecule has 2 heterocycles. The van der Waals surface area contributed by atoms with E-state index < -0.39 is 11.7 Å². The molecule has 2 unspecified atom stereocenters. The zero-order valence-electron chi connectivity index (χ0n) is 20.4. The number of amides is 2. The minimum absolute atomic E-state index is 0.00166. The molecule has 2 atom stereocenters. The zero-order valence-corrected chi connectivity index (χ0v) is 20.4. The second-order valence-electron chi connectivity index (χ2n) is 8.97. The summed E-state index contributed by atoms with van der Waals surface area (Å²) in [6, 6.07) is 16.5. The van der Waals surface area contributed by atoms with E-state index in [0.717, 1.165) is 11.3 Å². The largest absolute Gasteiger partial charge is 0.372 e. The van der Waals surface area contributed by atoms with E-state index in [-0.39, 0.29) is 24.7 Å². The third kappa shape index (κ3) is 5.33. The number of para-hydroxylation sites is 1. The van der Waals surface area contributed by atoms with E-state index >= 15 is 0 Å². The number of aromatic nitrogens is 2. The van der Waals surface area contributed by atoms with E-state index in [2.05, 4.69) is 10.4 Å². The van der Waals surface area contributed by atoms with Crippen LogP contribution in [0.3, 0.4) is 0 Å². The van der Waals surface area contributed by atoms with Crippen molar-refractivity contribution in [3.63, 3.8) is 0 Å². The van der Waals surface area contributed by atoms with Crippen LogP contribution in [0.15, 0.2) is 54.6 Å². The maximum atomic E-state index is 12.9. The Labute approximate surface area is 204 Å². The molecule has 0 aliphatic carbocycles. The van der Waals surface area contributed by atoms with E-state index in [0.29, 0.717) is 35.6 Å². The van der Waals surface area contributed by atoms with Gasteiger partial charge in [0.05, 0.1) is 34.8 Å². The Morgan fingerprint density at radius 3 is 2.23 bits per heavy atom. The van der Waals surface area contributed by atoms with E-state index in [4.69, 9.17) is 4.74 Å². The van der Waals surface area contributed by atoms with Crippen molar-refractivity contribution in [1.82, 2.24) is 20.0 Å². The first-order valence-corrected chi connectivity index (χ1v) is 11.7. The van der Waals surface area contributed by atoms with Crippen molar-refractivity contribution in [3.05, 3.63) is 82.7 Å². The highest BCUT2D eigenvalue weighted by atomic mass is 16.5. The zero-order chi connectivity index (χ0) is 25.1. The molecule has 8 heteroatoms. The molecule has 1 N–H and O–H groups in total. The number of nitrogens with zero attached hydrogens (tertiary/aromatic N) is 3. The number of benzene rings is 2. The highest BCUT2D eigenvalue weighted by Crippen LogP contribution is 2.19. The van der Waals surface area contributed by atoms with E-state index in [1.807, 2.05) is 44.2 Å². The lowest BCUT2D eigenvalue weighted by Crippen LogP contribution is -2.48. The number of Topliss-reactive ketones (excluding diaryl/α,β-unsaturated/α-hetero) is 1. The van der Waals surface area contributed by atoms with Gasteiger partial charge in [0.2, 0.25) is 0 Å². The molecule has 1 saturated heterocycles. The monoisotopic (exact) mass is 474 g/mol. The number of aryl methyl sites for hydroxylation is 1. The summed E-state index contributed by atoms with van der Waals surface area (Å²) in [4.78, 5) is 40.2. The van der Waals surface area contributed by atoms with Gasteiger partial charge in [-0.1, -0.05) is 30.3 Å². The molecule has 2 amide bonds. The van der Waals surface area contributed by atoms with E-state index in [1.165, 1.54) is 0 Å². The second kappa shape index (κ2) is 10.2. The number of ether oxygens (including phenoxy) is 1. The molecule has 1 aromatic heterocycles. The molecule has 1 aliphatic rings.